The Labute approximate surface area is 93.6 Å². The largest absolute Gasteiger partial charge is 0.481 e. The van der Waals surface area contributed by atoms with Crippen molar-refractivity contribution in [2.24, 2.45) is 0 Å². The number of hydrogen-bond donors (Lipinski definition) is 1. The Morgan fingerprint density at radius 2 is 2.20 bits per heavy atom. The van der Waals surface area contributed by atoms with E-state index in [4.69, 9.17) is 21.4 Å². The van der Waals surface area contributed by atoms with Crippen molar-refractivity contribution in [2.45, 2.75) is 18.9 Å². The van der Waals surface area contributed by atoms with Gasteiger partial charge in [0.2, 0.25) is 0 Å². The van der Waals surface area contributed by atoms with Crippen LogP contribution in [-0.4, -0.2) is 24.3 Å². The third-order valence-electron chi connectivity index (χ3n) is 2.14. The molecule has 1 unspecified atom stereocenters. The fraction of sp³-hybridized carbons (Fsp3) is 0.364. The van der Waals surface area contributed by atoms with E-state index in [1.54, 1.807) is 6.07 Å². The van der Waals surface area contributed by atoms with Gasteiger partial charge in [0.05, 0.1) is 12.5 Å². The van der Waals surface area contributed by atoms with Crippen molar-refractivity contribution in [2.75, 3.05) is 7.11 Å². The number of aliphatic carboxylic acids is 1. The van der Waals surface area contributed by atoms with Crippen LogP contribution in [0.2, 0.25) is 5.02 Å². The van der Waals surface area contributed by atoms with Crippen molar-refractivity contribution >= 4 is 17.6 Å². The predicted molar refractivity (Wildman–Crippen MR) is 58.2 cm³/mol. The number of ether oxygens (including phenoxy) is 1. The van der Waals surface area contributed by atoms with Crippen molar-refractivity contribution in [1.29, 1.82) is 0 Å². The van der Waals surface area contributed by atoms with Gasteiger partial charge in [0.15, 0.2) is 0 Å². The fourth-order valence-electron chi connectivity index (χ4n) is 1.34. The summed E-state index contributed by atoms with van der Waals surface area (Å²) < 4.78 is 5.08. The second-order valence-corrected chi connectivity index (χ2v) is 3.66. The molecule has 0 radical (unpaired) electrons. The van der Waals surface area contributed by atoms with Crippen LogP contribution in [0.5, 0.6) is 0 Å². The van der Waals surface area contributed by atoms with Crippen LogP contribution in [0, 0.1) is 0 Å². The van der Waals surface area contributed by atoms with Crippen molar-refractivity contribution < 1.29 is 14.6 Å². The van der Waals surface area contributed by atoms with E-state index in [1.165, 1.54) is 7.11 Å². The number of halogens is 1. The van der Waals surface area contributed by atoms with Crippen molar-refractivity contribution in [3.05, 3.63) is 34.9 Å². The molecule has 0 aliphatic rings. The average Bonchev–Trinajstić information content (AvgIpc) is 2.19. The molecule has 1 rings (SSSR count). The quantitative estimate of drug-likeness (QED) is 0.842. The molecule has 1 atom stereocenters. The summed E-state index contributed by atoms with van der Waals surface area (Å²) in [4.78, 5) is 10.5. The first-order valence-corrected chi connectivity index (χ1v) is 4.99. The highest BCUT2D eigenvalue weighted by atomic mass is 35.5. The lowest BCUT2D eigenvalue weighted by Crippen LogP contribution is -2.18. The maximum atomic E-state index is 10.5. The molecular formula is C11H13ClO3. The highest BCUT2D eigenvalue weighted by Gasteiger charge is 2.14. The van der Waals surface area contributed by atoms with Crippen LogP contribution in [0.3, 0.4) is 0 Å². The molecule has 1 aromatic rings. The van der Waals surface area contributed by atoms with Crippen LogP contribution in [0.15, 0.2) is 24.3 Å². The summed E-state index contributed by atoms with van der Waals surface area (Å²) in [5.74, 6) is -0.867. The zero-order chi connectivity index (χ0) is 11.3. The maximum Gasteiger partial charge on any atom is 0.305 e. The summed E-state index contributed by atoms with van der Waals surface area (Å²) in [6, 6.07) is 7.36. The van der Waals surface area contributed by atoms with Gasteiger partial charge in [-0.05, 0) is 11.6 Å². The molecule has 4 heteroatoms. The molecule has 0 heterocycles. The summed E-state index contributed by atoms with van der Waals surface area (Å²) >= 11 is 5.96. The van der Waals surface area contributed by atoms with Gasteiger partial charge in [0, 0.05) is 18.6 Å². The molecule has 82 valence electrons. The highest BCUT2D eigenvalue weighted by molar-refractivity contribution is 6.31. The summed E-state index contributed by atoms with van der Waals surface area (Å²) in [5.41, 5.74) is 0.910. The Morgan fingerprint density at radius 1 is 1.53 bits per heavy atom. The minimum atomic E-state index is -0.867. The van der Waals surface area contributed by atoms with E-state index in [2.05, 4.69) is 0 Å². The van der Waals surface area contributed by atoms with Gasteiger partial charge in [-0.15, -0.1) is 0 Å². The number of hydrogen-bond acceptors (Lipinski definition) is 2. The van der Waals surface area contributed by atoms with Gasteiger partial charge in [-0.25, -0.2) is 0 Å². The van der Waals surface area contributed by atoms with E-state index < -0.39 is 5.97 Å². The van der Waals surface area contributed by atoms with Gasteiger partial charge in [0.25, 0.3) is 0 Å². The molecule has 3 nitrogen and oxygen atoms in total. The molecular weight excluding hydrogens is 216 g/mol. The van der Waals surface area contributed by atoms with Crippen LogP contribution in [0.1, 0.15) is 12.0 Å². The van der Waals surface area contributed by atoms with Crippen LogP contribution in [-0.2, 0) is 16.0 Å². The Morgan fingerprint density at radius 3 is 2.73 bits per heavy atom. The van der Waals surface area contributed by atoms with E-state index in [0.717, 1.165) is 5.56 Å². The maximum absolute atomic E-state index is 10.5. The number of benzene rings is 1. The summed E-state index contributed by atoms with van der Waals surface area (Å²) in [6.45, 7) is 0. The zero-order valence-electron chi connectivity index (χ0n) is 8.44. The molecule has 0 fully saturated rings. The number of carboxylic acid groups (broad SMARTS) is 1. The lowest BCUT2D eigenvalue weighted by atomic mass is 10.1. The fourth-order valence-corrected chi connectivity index (χ4v) is 1.56. The normalized spacial score (nSPS) is 12.4. The van der Waals surface area contributed by atoms with E-state index in [9.17, 15) is 4.79 Å². The van der Waals surface area contributed by atoms with Crippen molar-refractivity contribution in [3.8, 4) is 0 Å². The number of methoxy groups -OCH3 is 1. The monoisotopic (exact) mass is 228 g/mol. The Kier molecular flexibility index (Phi) is 4.59. The van der Waals surface area contributed by atoms with E-state index >= 15 is 0 Å². The molecule has 0 aromatic heterocycles. The third-order valence-corrected chi connectivity index (χ3v) is 2.51. The van der Waals surface area contributed by atoms with Gasteiger partial charge < -0.3 is 9.84 Å². The molecule has 1 N–H and O–H groups in total. The van der Waals surface area contributed by atoms with Crippen molar-refractivity contribution in [3.63, 3.8) is 0 Å². The second kappa shape index (κ2) is 5.73. The third kappa shape index (κ3) is 3.90. The predicted octanol–water partition coefficient (Wildman–Crippen LogP) is 2.37. The Hall–Kier alpha value is -1.06. The molecule has 0 aliphatic heterocycles. The van der Waals surface area contributed by atoms with Gasteiger partial charge in [-0.2, -0.15) is 0 Å². The van der Waals surface area contributed by atoms with Crippen LogP contribution in [0.4, 0.5) is 0 Å². The summed E-state index contributed by atoms with van der Waals surface area (Å²) in [7, 11) is 1.50. The smallest absolute Gasteiger partial charge is 0.305 e. The SMILES string of the molecule is COC(CC(=O)O)Cc1ccccc1Cl. The topological polar surface area (TPSA) is 46.5 Å². The Balaban J connectivity index is 2.66. The number of carbonyl (C=O) groups is 1. The van der Waals surface area contributed by atoms with Crippen LogP contribution < -0.4 is 0 Å². The summed E-state index contributed by atoms with van der Waals surface area (Å²) in [6.07, 6.45) is 0.173. The van der Waals surface area contributed by atoms with Gasteiger partial charge in [0.1, 0.15) is 0 Å². The van der Waals surface area contributed by atoms with Crippen LogP contribution in [0.25, 0.3) is 0 Å². The minimum Gasteiger partial charge on any atom is -0.481 e. The molecule has 0 saturated heterocycles. The first kappa shape index (κ1) is 12.0. The standard InChI is InChI=1S/C11H13ClO3/c1-15-9(7-11(13)14)6-8-4-2-3-5-10(8)12/h2-5,9H,6-7H2,1H3,(H,13,14). The molecule has 0 saturated carbocycles. The second-order valence-electron chi connectivity index (χ2n) is 3.25. The first-order chi connectivity index (χ1) is 7.13. The van der Waals surface area contributed by atoms with Crippen molar-refractivity contribution in [1.82, 2.24) is 0 Å². The molecule has 0 spiro atoms. The van der Waals surface area contributed by atoms with Gasteiger partial charge >= 0.3 is 5.97 Å². The molecule has 15 heavy (non-hydrogen) atoms. The number of carboxylic acids is 1. The van der Waals surface area contributed by atoms with E-state index in [1.807, 2.05) is 18.2 Å². The summed E-state index contributed by atoms with van der Waals surface area (Å²) in [5, 5.41) is 9.29. The lowest BCUT2D eigenvalue weighted by Gasteiger charge is -2.13. The Bertz CT molecular complexity index is 338. The van der Waals surface area contributed by atoms with Gasteiger partial charge in [-0.1, -0.05) is 29.8 Å². The van der Waals surface area contributed by atoms with Gasteiger partial charge in [-0.3, -0.25) is 4.79 Å². The first-order valence-electron chi connectivity index (χ1n) is 4.61. The zero-order valence-corrected chi connectivity index (χ0v) is 9.20. The molecule has 0 amide bonds. The van der Waals surface area contributed by atoms with Crippen LogP contribution >= 0.6 is 11.6 Å². The average molecular weight is 229 g/mol. The number of rotatable bonds is 5. The lowest BCUT2D eigenvalue weighted by molar-refractivity contribution is -0.139. The highest BCUT2D eigenvalue weighted by Crippen LogP contribution is 2.18. The molecule has 0 aliphatic carbocycles. The van der Waals surface area contributed by atoms with E-state index in [0.29, 0.717) is 11.4 Å². The minimum absolute atomic E-state index is 0.0122. The molecule has 0 bridgehead atoms. The molecule has 1 aromatic carbocycles. The van der Waals surface area contributed by atoms with E-state index in [-0.39, 0.29) is 12.5 Å².